The number of carbonyl (C=O) groups excluding carboxylic acids is 8. The van der Waals surface area contributed by atoms with Crippen LogP contribution in [0.4, 0.5) is 0 Å². The fourth-order valence-electron chi connectivity index (χ4n) is 6.12. The minimum Gasteiger partial charge on any atom is -0.404 e. The van der Waals surface area contributed by atoms with Crippen LogP contribution in [0.15, 0.2) is 24.3 Å². The highest BCUT2D eigenvalue weighted by Gasteiger charge is 2.39. The topological polar surface area (TPSA) is 324 Å². The van der Waals surface area contributed by atoms with Gasteiger partial charge in [0, 0.05) is 39.3 Å². The first kappa shape index (κ1) is 41.4. The van der Waals surface area contributed by atoms with E-state index in [9.17, 15) is 42.9 Å². The van der Waals surface area contributed by atoms with Gasteiger partial charge in [0.05, 0.1) is 0 Å². The van der Waals surface area contributed by atoms with Gasteiger partial charge in [0.25, 0.3) is 0 Å². The Bertz CT molecular complexity index is 1590. The zero-order valence-electron chi connectivity index (χ0n) is 28.5. The van der Waals surface area contributed by atoms with E-state index in [2.05, 4.69) is 20.5 Å². The van der Waals surface area contributed by atoms with Crippen molar-refractivity contribution in [3.05, 3.63) is 29.8 Å². The highest BCUT2D eigenvalue weighted by molar-refractivity contribution is 7.46. The van der Waals surface area contributed by atoms with E-state index < -0.39 is 79.4 Å². The number of phosphoric ester groups is 1. The molecule has 5 atom stereocenters. The fourth-order valence-corrected chi connectivity index (χ4v) is 6.52. The lowest BCUT2D eigenvalue weighted by molar-refractivity contribution is -0.141. The predicted molar refractivity (Wildman–Crippen MR) is 180 cm³/mol. The Morgan fingerprint density at radius 2 is 1.31 bits per heavy atom. The van der Waals surface area contributed by atoms with Crippen molar-refractivity contribution in [1.82, 2.24) is 25.8 Å². The Morgan fingerprint density at radius 1 is 0.788 bits per heavy atom. The Kier molecular flexibility index (Phi) is 14.7. The summed E-state index contributed by atoms with van der Waals surface area (Å²) in [5.74, 6) is -6.08. The van der Waals surface area contributed by atoms with E-state index in [1.54, 1.807) is 0 Å². The second-order valence-corrected chi connectivity index (χ2v) is 13.7. The first-order valence-corrected chi connectivity index (χ1v) is 18.1. The molecule has 2 aliphatic heterocycles. The van der Waals surface area contributed by atoms with E-state index in [0.29, 0.717) is 37.8 Å². The van der Waals surface area contributed by atoms with Crippen LogP contribution in [-0.4, -0.2) is 110 Å². The van der Waals surface area contributed by atoms with Crippen molar-refractivity contribution in [2.24, 2.45) is 17.2 Å². The van der Waals surface area contributed by atoms with Crippen LogP contribution in [0.25, 0.3) is 0 Å². The number of primary amides is 3. The average molecular weight is 753 g/mol. The highest BCUT2D eigenvalue weighted by Crippen LogP contribution is 2.37. The Labute approximate surface area is 298 Å². The monoisotopic (exact) mass is 752 g/mol. The number of benzene rings is 1. The van der Waals surface area contributed by atoms with Crippen molar-refractivity contribution < 1.29 is 57.2 Å². The molecule has 11 N–H and O–H groups in total. The van der Waals surface area contributed by atoms with Gasteiger partial charge in [-0.05, 0) is 56.2 Å². The highest BCUT2D eigenvalue weighted by atomic mass is 31.2. The molecule has 1 aromatic carbocycles. The van der Waals surface area contributed by atoms with Gasteiger partial charge in [0.2, 0.25) is 47.3 Å². The van der Waals surface area contributed by atoms with E-state index in [-0.39, 0.29) is 50.3 Å². The summed E-state index contributed by atoms with van der Waals surface area (Å²) >= 11 is 0. The van der Waals surface area contributed by atoms with Crippen LogP contribution in [0.3, 0.4) is 0 Å². The van der Waals surface area contributed by atoms with Gasteiger partial charge in [-0.1, -0.05) is 12.1 Å². The number of hydrogen-bond donors (Lipinski definition) is 8. The normalized spacial score (nSPS) is 18.8. The van der Waals surface area contributed by atoms with Crippen molar-refractivity contribution >= 4 is 55.1 Å². The fraction of sp³-hybridized carbons (Fsp3) is 0.548. The molecule has 2 aliphatic rings. The third-order valence-corrected chi connectivity index (χ3v) is 9.10. The van der Waals surface area contributed by atoms with Crippen LogP contribution in [0.5, 0.6) is 5.75 Å². The van der Waals surface area contributed by atoms with Crippen LogP contribution in [0.1, 0.15) is 63.9 Å². The van der Waals surface area contributed by atoms with Crippen LogP contribution in [0, 0.1) is 0 Å². The maximum absolute atomic E-state index is 13.9. The molecule has 0 saturated carbocycles. The maximum atomic E-state index is 13.9. The summed E-state index contributed by atoms with van der Waals surface area (Å²) in [5.41, 5.74) is 16.4. The number of phosphoric acid groups is 1. The maximum Gasteiger partial charge on any atom is 0.524 e. The van der Waals surface area contributed by atoms with Gasteiger partial charge < -0.3 is 47.5 Å². The van der Waals surface area contributed by atoms with Crippen molar-refractivity contribution in [3.63, 3.8) is 0 Å². The van der Waals surface area contributed by atoms with E-state index in [4.69, 9.17) is 27.0 Å². The van der Waals surface area contributed by atoms with Crippen LogP contribution in [0.2, 0.25) is 0 Å². The number of nitrogens with two attached hydrogens (primary N) is 3. The molecule has 21 heteroatoms. The zero-order valence-corrected chi connectivity index (χ0v) is 29.4. The molecular formula is C31H45N8O12P. The minimum absolute atomic E-state index is 0.155. The number of nitrogens with one attached hydrogen (secondary N) is 3. The molecule has 3 rings (SSSR count). The van der Waals surface area contributed by atoms with Gasteiger partial charge in [-0.2, -0.15) is 0 Å². The molecule has 0 spiro atoms. The molecule has 0 aliphatic carbocycles. The first-order chi connectivity index (χ1) is 24.4. The number of nitrogens with zero attached hydrogens (tertiary/aromatic N) is 2. The van der Waals surface area contributed by atoms with Crippen molar-refractivity contribution in [1.29, 1.82) is 0 Å². The third-order valence-electron chi connectivity index (χ3n) is 8.65. The summed E-state index contributed by atoms with van der Waals surface area (Å²) in [6, 6.07) is -0.973. The number of carbonyl (C=O) groups is 8. The lowest BCUT2D eigenvalue weighted by Gasteiger charge is -2.30. The largest absolute Gasteiger partial charge is 0.524 e. The average Bonchev–Trinajstić information content (AvgIpc) is 3.75. The van der Waals surface area contributed by atoms with E-state index in [0.717, 1.165) is 0 Å². The molecule has 2 fully saturated rings. The second kappa shape index (κ2) is 18.4. The zero-order chi connectivity index (χ0) is 38.7. The molecule has 1 aromatic rings. The molecule has 52 heavy (non-hydrogen) atoms. The van der Waals surface area contributed by atoms with Crippen LogP contribution < -0.4 is 37.7 Å². The molecule has 2 heterocycles. The Hall–Kier alpha value is -5.07. The van der Waals surface area contributed by atoms with Gasteiger partial charge >= 0.3 is 7.82 Å². The van der Waals surface area contributed by atoms with Gasteiger partial charge in [-0.25, -0.2) is 4.57 Å². The second-order valence-electron chi connectivity index (χ2n) is 12.6. The predicted octanol–water partition coefficient (Wildman–Crippen LogP) is -2.83. The third kappa shape index (κ3) is 12.3. The van der Waals surface area contributed by atoms with E-state index >= 15 is 0 Å². The van der Waals surface area contributed by atoms with Gasteiger partial charge in [-0.3, -0.25) is 48.1 Å². The lowest BCUT2D eigenvalue weighted by Crippen LogP contribution is -2.59. The van der Waals surface area contributed by atoms with Gasteiger partial charge in [0.15, 0.2) is 0 Å². The molecule has 2 saturated heterocycles. The van der Waals surface area contributed by atoms with Crippen molar-refractivity contribution in [2.75, 3.05) is 13.1 Å². The van der Waals surface area contributed by atoms with Crippen molar-refractivity contribution in [3.8, 4) is 5.75 Å². The van der Waals surface area contributed by atoms with Crippen molar-refractivity contribution in [2.45, 2.75) is 94.9 Å². The van der Waals surface area contributed by atoms with E-state index in [1.807, 2.05) is 0 Å². The number of rotatable bonds is 18. The first-order valence-electron chi connectivity index (χ1n) is 16.5. The summed E-state index contributed by atoms with van der Waals surface area (Å²) in [4.78, 5) is 123. The molecule has 0 bridgehead atoms. The summed E-state index contributed by atoms with van der Waals surface area (Å²) < 4.78 is 15.8. The standard InChI is InChI=1S/C31H45N8O12P/c1-17(40)38-14-3-5-24(38)30(46)35-20(10-12-25(32)41)28(44)37-22(16-18-6-8-19(9-7-18)51-52(48,49)50)29(45)36-21(11-13-26(33)42)31(47)39-15-2-4-23(39)27(34)43/h6-9,20-24H,2-5,10-16H2,1H3,(H2,32,41)(H2,33,42)(H2,34,43)(H,35,46)(H,36,45)(H,37,44)(H2,48,49,50)/t20-,21-,22-,23+,24-/m0/s1. The molecule has 0 radical (unpaired) electrons. The van der Waals surface area contributed by atoms with Crippen LogP contribution in [-0.2, 0) is 49.3 Å². The molecular weight excluding hydrogens is 707 g/mol. The molecule has 0 unspecified atom stereocenters. The molecule has 20 nitrogen and oxygen atoms in total. The van der Waals surface area contributed by atoms with Gasteiger partial charge in [-0.15, -0.1) is 0 Å². The Balaban J connectivity index is 1.92. The SMILES string of the molecule is CC(=O)N1CCC[C@H]1C(=O)N[C@@H](CCC(N)=O)C(=O)N[C@@H](Cc1ccc(OP(=O)(O)O)cc1)C(=O)N[C@@H](CCC(N)=O)C(=O)N1CCC[C@@H]1C(N)=O. The summed E-state index contributed by atoms with van der Waals surface area (Å²) in [6.45, 7) is 1.79. The Morgan fingerprint density at radius 3 is 1.85 bits per heavy atom. The number of hydrogen-bond acceptors (Lipinski definition) is 10. The summed E-state index contributed by atoms with van der Waals surface area (Å²) in [5, 5.41) is 7.61. The van der Waals surface area contributed by atoms with E-state index in [1.165, 1.54) is 41.0 Å². The number of likely N-dealkylation sites (tertiary alicyclic amines) is 2. The summed E-state index contributed by atoms with van der Waals surface area (Å²) in [6.07, 6.45) is 0.145. The molecule has 8 amide bonds. The molecule has 0 aromatic heterocycles. The summed E-state index contributed by atoms with van der Waals surface area (Å²) in [7, 11) is -4.89. The molecule has 286 valence electrons. The smallest absolute Gasteiger partial charge is 0.404 e. The van der Waals surface area contributed by atoms with Crippen LogP contribution >= 0.6 is 7.82 Å². The quantitative estimate of drug-likeness (QED) is 0.0704. The lowest BCUT2D eigenvalue weighted by atomic mass is 10.0. The minimum atomic E-state index is -4.89. The number of amides is 8. The van der Waals surface area contributed by atoms with Gasteiger partial charge in [0.1, 0.15) is 36.0 Å².